The van der Waals surface area contributed by atoms with Crippen molar-refractivity contribution in [2.45, 2.75) is 64.8 Å². The van der Waals surface area contributed by atoms with Gasteiger partial charge in [0.1, 0.15) is 11.8 Å². The molecule has 20 heavy (non-hydrogen) atoms. The molecule has 0 aromatic carbocycles. The Morgan fingerprint density at radius 1 is 1.45 bits per heavy atom. The molecule has 0 aromatic heterocycles. The van der Waals surface area contributed by atoms with Gasteiger partial charge < -0.3 is 15.2 Å². The van der Waals surface area contributed by atoms with Crippen LogP contribution in [0.15, 0.2) is 0 Å². The van der Waals surface area contributed by atoms with E-state index in [9.17, 15) is 14.7 Å². The van der Waals surface area contributed by atoms with Gasteiger partial charge in [0.15, 0.2) is 5.78 Å². The molecule has 0 bridgehead atoms. The molecule has 6 heteroatoms. The fourth-order valence-corrected chi connectivity index (χ4v) is 2.26. The fourth-order valence-electron chi connectivity index (χ4n) is 2.26. The first-order chi connectivity index (χ1) is 9.19. The van der Waals surface area contributed by atoms with E-state index in [0.29, 0.717) is 6.42 Å². The van der Waals surface area contributed by atoms with Crippen LogP contribution in [0.2, 0.25) is 0 Å². The van der Waals surface area contributed by atoms with Crippen molar-refractivity contribution in [2.24, 2.45) is 5.92 Å². The molecular weight excluding hydrogens is 260 g/mol. The van der Waals surface area contributed by atoms with Crippen molar-refractivity contribution >= 4 is 11.9 Å². The van der Waals surface area contributed by atoms with Gasteiger partial charge in [-0.05, 0) is 53.5 Å². The van der Waals surface area contributed by atoms with E-state index >= 15 is 0 Å². The Bertz CT molecular complexity index is 352. The standard InChI is InChI=1S/C14H26N2O4/c1-9(17)11(16-13(19)20-14(2,3)4)8-10-6-5-7-15-12(10)18/h10-12,15,18H,5-8H2,1-4H3,(H,16,19)/t10-,11-,12?/m0/s1. The first-order valence-corrected chi connectivity index (χ1v) is 7.10. The number of carbonyl (C=O) groups is 2. The van der Waals surface area contributed by atoms with E-state index in [1.54, 1.807) is 20.8 Å². The highest BCUT2D eigenvalue weighted by molar-refractivity contribution is 5.85. The van der Waals surface area contributed by atoms with Crippen LogP contribution in [0.5, 0.6) is 0 Å². The Morgan fingerprint density at radius 2 is 2.10 bits per heavy atom. The van der Waals surface area contributed by atoms with Crippen molar-refractivity contribution in [1.82, 2.24) is 10.6 Å². The first kappa shape index (κ1) is 16.9. The van der Waals surface area contributed by atoms with Crippen LogP contribution in [-0.2, 0) is 9.53 Å². The van der Waals surface area contributed by atoms with Crippen molar-refractivity contribution < 1.29 is 19.4 Å². The summed E-state index contributed by atoms with van der Waals surface area (Å²) >= 11 is 0. The van der Waals surface area contributed by atoms with E-state index in [2.05, 4.69) is 10.6 Å². The number of Topliss-reactive ketones (excluding diaryl/α,β-unsaturated/α-hetero) is 1. The Hall–Kier alpha value is -1.14. The van der Waals surface area contributed by atoms with Crippen molar-refractivity contribution in [1.29, 1.82) is 0 Å². The maximum atomic E-state index is 11.7. The van der Waals surface area contributed by atoms with Gasteiger partial charge in [0.2, 0.25) is 0 Å². The number of hydrogen-bond acceptors (Lipinski definition) is 5. The maximum Gasteiger partial charge on any atom is 0.408 e. The summed E-state index contributed by atoms with van der Waals surface area (Å²) < 4.78 is 5.15. The van der Waals surface area contributed by atoms with Gasteiger partial charge in [0.05, 0.1) is 6.04 Å². The Kier molecular flexibility index (Phi) is 5.95. The molecule has 1 aliphatic heterocycles. The van der Waals surface area contributed by atoms with Crippen LogP contribution < -0.4 is 10.6 Å². The van der Waals surface area contributed by atoms with Gasteiger partial charge in [-0.2, -0.15) is 0 Å². The summed E-state index contributed by atoms with van der Waals surface area (Å²) in [5.41, 5.74) is -0.600. The maximum absolute atomic E-state index is 11.7. The molecule has 3 N–H and O–H groups in total. The van der Waals surface area contributed by atoms with Gasteiger partial charge in [0.25, 0.3) is 0 Å². The zero-order valence-electron chi connectivity index (χ0n) is 12.7. The van der Waals surface area contributed by atoms with Crippen LogP contribution >= 0.6 is 0 Å². The molecule has 0 saturated carbocycles. The minimum absolute atomic E-state index is 0.0346. The van der Waals surface area contributed by atoms with Gasteiger partial charge in [0, 0.05) is 5.92 Å². The Morgan fingerprint density at radius 3 is 2.60 bits per heavy atom. The van der Waals surface area contributed by atoms with Crippen molar-refractivity contribution in [3.63, 3.8) is 0 Å². The molecule has 0 aliphatic carbocycles. The normalized spacial score (nSPS) is 24.9. The number of rotatable bonds is 4. The van der Waals surface area contributed by atoms with Crippen LogP contribution in [0.4, 0.5) is 4.79 Å². The van der Waals surface area contributed by atoms with Crippen LogP contribution in [0.25, 0.3) is 0 Å². The minimum Gasteiger partial charge on any atom is -0.444 e. The molecular formula is C14H26N2O4. The van der Waals surface area contributed by atoms with E-state index in [1.165, 1.54) is 6.92 Å². The molecule has 1 aliphatic rings. The molecule has 0 spiro atoms. The van der Waals surface area contributed by atoms with Gasteiger partial charge in [-0.1, -0.05) is 0 Å². The minimum atomic E-state index is -0.621. The number of piperidine rings is 1. The average Bonchev–Trinajstić information content (AvgIpc) is 2.28. The number of carbonyl (C=O) groups excluding carboxylic acids is 2. The zero-order valence-corrected chi connectivity index (χ0v) is 12.7. The molecule has 0 radical (unpaired) electrons. The summed E-state index contributed by atoms with van der Waals surface area (Å²) in [6, 6.07) is -0.621. The third kappa shape index (κ3) is 5.88. The lowest BCUT2D eigenvalue weighted by Crippen LogP contribution is -2.48. The van der Waals surface area contributed by atoms with E-state index in [-0.39, 0.29) is 11.7 Å². The van der Waals surface area contributed by atoms with Crippen LogP contribution in [0, 0.1) is 5.92 Å². The largest absolute Gasteiger partial charge is 0.444 e. The van der Waals surface area contributed by atoms with Crippen molar-refractivity contribution in [3.8, 4) is 0 Å². The Labute approximate surface area is 120 Å². The third-order valence-electron chi connectivity index (χ3n) is 3.27. The monoisotopic (exact) mass is 286 g/mol. The molecule has 1 amide bonds. The number of nitrogens with one attached hydrogen (secondary N) is 2. The number of ether oxygens (including phenoxy) is 1. The summed E-state index contributed by atoms with van der Waals surface area (Å²) in [6.45, 7) is 7.52. The van der Waals surface area contributed by atoms with E-state index in [4.69, 9.17) is 4.74 Å². The molecule has 3 atom stereocenters. The lowest BCUT2D eigenvalue weighted by atomic mass is 9.89. The van der Waals surface area contributed by atoms with Crippen LogP contribution in [0.3, 0.4) is 0 Å². The number of ketones is 1. The Balaban J connectivity index is 2.56. The quantitative estimate of drug-likeness (QED) is 0.722. The van der Waals surface area contributed by atoms with Gasteiger partial charge in [-0.15, -0.1) is 0 Å². The number of amides is 1. The van der Waals surface area contributed by atoms with Gasteiger partial charge >= 0.3 is 6.09 Å². The molecule has 1 heterocycles. The SMILES string of the molecule is CC(=O)[C@H](C[C@@H]1CCCNC1O)NC(=O)OC(C)(C)C. The molecule has 116 valence electrons. The predicted octanol–water partition coefficient (Wildman–Crippen LogP) is 1.18. The van der Waals surface area contributed by atoms with E-state index in [0.717, 1.165) is 19.4 Å². The topological polar surface area (TPSA) is 87.7 Å². The molecule has 1 unspecified atom stereocenters. The van der Waals surface area contributed by atoms with Gasteiger partial charge in [-0.25, -0.2) is 4.79 Å². The number of aliphatic hydroxyl groups is 1. The van der Waals surface area contributed by atoms with Crippen molar-refractivity contribution in [2.75, 3.05) is 6.54 Å². The number of aliphatic hydroxyl groups excluding tert-OH is 1. The second kappa shape index (κ2) is 7.04. The highest BCUT2D eigenvalue weighted by Crippen LogP contribution is 2.21. The summed E-state index contributed by atoms with van der Waals surface area (Å²) in [6.07, 6.45) is 0.997. The van der Waals surface area contributed by atoms with E-state index in [1.807, 2.05) is 0 Å². The lowest BCUT2D eigenvalue weighted by molar-refractivity contribution is -0.119. The highest BCUT2D eigenvalue weighted by atomic mass is 16.6. The summed E-state index contributed by atoms with van der Waals surface area (Å²) in [5, 5.41) is 15.4. The molecule has 0 aromatic rings. The predicted molar refractivity (Wildman–Crippen MR) is 75.2 cm³/mol. The number of hydrogen-bond donors (Lipinski definition) is 3. The average molecular weight is 286 g/mol. The van der Waals surface area contributed by atoms with Crippen molar-refractivity contribution in [3.05, 3.63) is 0 Å². The fraction of sp³-hybridized carbons (Fsp3) is 0.857. The van der Waals surface area contributed by atoms with Crippen LogP contribution in [0.1, 0.15) is 47.0 Å². The van der Waals surface area contributed by atoms with E-state index < -0.39 is 24.0 Å². The smallest absolute Gasteiger partial charge is 0.408 e. The first-order valence-electron chi connectivity index (χ1n) is 7.10. The molecule has 1 rings (SSSR count). The highest BCUT2D eigenvalue weighted by Gasteiger charge is 2.29. The summed E-state index contributed by atoms with van der Waals surface area (Å²) in [7, 11) is 0. The zero-order chi connectivity index (χ0) is 15.3. The molecule has 1 saturated heterocycles. The molecule has 6 nitrogen and oxygen atoms in total. The van der Waals surface area contributed by atoms with Gasteiger partial charge in [-0.3, -0.25) is 10.1 Å². The molecule has 1 fully saturated rings. The summed E-state index contributed by atoms with van der Waals surface area (Å²) in [4.78, 5) is 23.4. The second-order valence-corrected chi connectivity index (χ2v) is 6.35. The summed E-state index contributed by atoms with van der Waals surface area (Å²) in [5.74, 6) is -0.166. The number of alkyl carbamates (subject to hydrolysis) is 1. The third-order valence-corrected chi connectivity index (χ3v) is 3.27. The second-order valence-electron chi connectivity index (χ2n) is 6.35. The lowest BCUT2D eigenvalue weighted by Gasteiger charge is -2.31. The van der Waals surface area contributed by atoms with Crippen LogP contribution in [-0.4, -0.2) is 41.4 Å².